The smallest absolute Gasteiger partial charge is 0.325 e. The van der Waals surface area contributed by atoms with E-state index in [1.165, 1.54) is 4.90 Å². The minimum absolute atomic E-state index is 0.0472. The number of carbonyl (C=O) groups is 2. The van der Waals surface area contributed by atoms with Crippen molar-refractivity contribution in [1.82, 2.24) is 4.90 Å². The molecule has 0 aromatic heterocycles. The Bertz CT molecular complexity index is 520. The molecule has 5 nitrogen and oxygen atoms in total. The topological polar surface area (TPSA) is 83.6 Å². The van der Waals surface area contributed by atoms with Gasteiger partial charge in [0.05, 0.1) is 6.42 Å². The summed E-state index contributed by atoms with van der Waals surface area (Å²) in [5.74, 6) is -1.22. The molecule has 102 valence electrons. The van der Waals surface area contributed by atoms with Gasteiger partial charge in [-0.1, -0.05) is 29.8 Å². The van der Waals surface area contributed by atoms with E-state index in [1.807, 2.05) is 6.07 Å². The number of benzene rings is 1. The van der Waals surface area contributed by atoms with Crippen molar-refractivity contribution in [2.75, 3.05) is 13.1 Å². The summed E-state index contributed by atoms with van der Waals surface area (Å²) in [6.07, 6.45) is 0.436. The highest BCUT2D eigenvalue weighted by Gasteiger charge is 2.42. The van der Waals surface area contributed by atoms with Gasteiger partial charge in [-0.2, -0.15) is 0 Å². The first-order chi connectivity index (χ1) is 8.92. The molecule has 0 aliphatic carbocycles. The van der Waals surface area contributed by atoms with Gasteiger partial charge in [0.25, 0.3) is 0 Å². The van der Waals surface area contributed by atoms with Crippen LogP contribution < -0.4 is 5.73 Å². The Morgan fingerprint density at radius 2 is 2.11 bits per heavy atom. The van der Waals surface area contributed by atoms with Gasteiger partial charge >= 0.3 is 5.97 Å². The Balaban J connectivity index is 2.03. The van der Waals surface area contributed by atoms with Gasteiger partial charge in [-0.15, -0.1) is 0 Å². The van der Waals surface area contributed by atoms with Crippen LogP contribution in [0.3, 0.4) is 0 Å². The molecule has 1 aliphatic rings. The molecule has 1 aromatic carbocycles. The van der Waals surface area contributed by atoms with Crippen LogP contribution in [0.5, 0.6) is 0 Å². The average molecular weight is 283 g/mol. The molecule has 1 aromatic rings. The second-order valence-corrected chi connectivity index (χ2v) is 5.20. The molecule has 1 aliphatic heterocycles. The lowest BCUT2D eigenvalue weighted by atomic mass is 10.0. The number of halogens is 1. The molecule has 2 rings (SSSR count). The Morgan fingerprint density at radius 3 is 2.68 bits per heavy atom. The van der Waals surface area contributed by atoms with Crippen LogP contribution in [0.4, 0.5) is 0 Å². The number of nitrogens with two attached hydrogens (primary N) is 1. The van der Waals surface area contributed by atoms with E-state index in [0.717, 1.165) is 5.56 Å². The Labute approximate surface area is 116 Å². The summed E-state index contributed by atoms with van der Waals surface area (Å²) in [4.78, 5) is 24.6. The zero-order valence-electron chi connectivity index (χ0n) is 10.3. The van der Waals surface area contributed by atoms with E-state index in [2.05, 4.69) is 0 Å². The van der Waals surface area contributed by atoms with E-state index in [-0.39, 0.29) is 25.3 Å². The van der Waals surface area contributed by atoms with Crippen molar-refractivity contribution in [2.45, 2.75) is 18.4 Å². The Morgan fingerprint density at radius 1 is 1.42 bits per heavy atom. The van der Waals surface area contributed by atoms with E-state index in [4.69, 9.17) is 22.4 Å². The molecular weight excluding hydrogens is 268 g/mol. The third-order valence-electron chi connectivity index (χ3n) is 3.38. The zero-order chi connectivity index (χ0) is 14.0. The first kappa shape index (κ1) is 13.8. The van der Waals surface area contributed by atoms with Crippen molar-refractivity contribution in [2.24, 2.45) is 5.73 Å². The fraction of sp³-hybridized carbons (Fsp3) is 0.385. The highest BCUT2D eigenvalue weighted by atomic mass is 35.5. The van der Waals surface area contributed by atoms with Crippen molar-refractivity contribution in [3.05, 3.63) is 34.9 Å². The van der Waals surface area contributed by atoms with Crippen LogP contribution in [0.25, 0.3) is 0 Å². The van der Waals surface area contributed by atoms with Crippen LogP contribution in [-0.2, 0) is 16.0 Å². The molecule has 1 fully saturated rings. The van der Waals surface area contributed by atoms with Gasteiger partial charge < -0.3 is 15.7 Å². The van der Waals surface area contributed by atoms with Crippen LogP contribution in [0.1, 0.15) is 12.0 Å². The van der Waals surface area contributed by atoms with Crippen molar-refractivity contribution in [1.29, 1.82) is 0 Å². The quantitative estimate of drug-likeness (QED) is 0.863. The van der Waals surface area contributed by atoms with Crippen molar-refractivity contribution in [3.63, 3.8) is 0 Å². The molecule has 19 heavy (non-hydrogen) atoms. The third kappa shape index (κ3) is 2.88. The predicted octanol–water partition coefficient (Wildman–Crippen LogP) is 0.897. The number of nitrogens with zero attached hydrogens (tertiary/aromatic N) is 1. The summed E-state index contributed by atoms with van der Waals surface area (Å²) in [6.45, 7) is 0.414. The van der Waals surface area contributed by atoms with Crippen molar-refractivity contribution < 1.29 is 14.7 Å². The van der Waals surface area contributed by atoms with Crippen LogP contribution in [0.2, 0.25) is 5.02 Å². The monoisotopic (exact) mass is 282 g/mol. The largest absolute Gasteiger partial charge is 0.480 e. The molecule has 1 atom stereocenters. The van der Waals surface area contributed by atoms with Crippen LogP contribution in [-0.4, -0.2) is 40.5 Å². The molecule has 1 saturated heterocycles. The van der Waals surface area contributed by atoms with Crippen LogP contribution in [0, 0.1) is 0 Å². The van der Waals surface area contributed by atoms with Crippen LogP contribution >= 0.6 is 11.6 Å². The van der Waals surface area contributed by atoms with Gasteiger partial charge in [-0.25, -0.2) is 0 Å². The van der Waals surface area contributed by atoms with Gasteiger partial charge in [0.2, 0.25) is 5.91 Å². The molecule has 0 spiro atoms. The number of hydrogen-bond acceptors (Lipinski definition) is 3. The number of likely N-dealkylation sites (tertiary alicyclic amines) is 1. The molecule has 1 heterocycles. The minimum atomic E-state index is -1.32. The molecule has 3 N–H and O–H groups in total. The highest BCUT2D eigenvalue weighted by molar-refractivity contribution is 6.31. The summed E-state index contributed by atoms with van der Waals surface area (Å²) in [7, 11) is 0. The Hall–Kier alpha value is -1.59. The number of aliphatic carboxylic acids is 1. The molecule has 1 unspecified atom stereocenters. The molecule has 6 heteroatoms. The maximum atomic E-state index is 12.1. The summed E-state index contributed by atoms with van der Waals surface area (Å²) in [5.41, 5.74) is 5.15. The number of hydrogen-bond donors (Lipinski definition) is 2. The minimum Gasteiger partial charge on any atom is -0.480 e. The normalized spacial score (nSPS) is 22.5. The molecule has 0 radical (unpaired) electrons. The summed E-state index contributed by atoms with van der Waals surface area (Å²) in [6, 6.07) is 7.10. The van der Waals surface area contributed by atoms with Gasteiger partial charge in [-0.3, -0.25) is 9.59 Å². The third-order valence-corrected chi connectivity index (χ3v) is 3.75. The summed E-state index contributed by atoms with van der Waals surface area (Å²) in [5, 5.41) is 9.56. The number of carboxylic acids is 1. The van der Waals surface area contributed by atoms with E-state index in [0.29, 0.717) is 11.6 Å². The molecule has 0 bridgehead atoms. The molecular formula is C13H15ClN2O3. The van der Waals surface area contributed by atoms with E-state index in [1.54, 1.807) is 18.2 Å². The predicted molar refractivity (Wildman–Crippen MR) is 70.9 cm³/mol. The fourth-order valence-electron chi connectivity index (χ4n) is 2.14. The number of amides is 1. The molecule has 1 amide bonds. The van der Waals surface area contributed by atoms with E-state index >= 15 is 0 Å². The number of carboxylic acid groups (broad SMARTS) is 1. The average Bonchev–Trinajstić information content (AvgIpc) is 2.76. The van der Waals surface area contributed by atoms with Crippen LogP contribution in [0.15, 0.2) is 24.3 Å². The first-order valence-corrected chi connectivity index (χ1v) is 6.34. The second kappa shape index (κ2) is 5.19. The lowest BCUT2D eigenvalue weighted by Crippen LogP contribution is -2.50. The summed E-state index contributed by atoms with van der Waals surface area (Å²) >= 11 is 5.99. The van der Waals surface area contributed by atoms with Gasteiger partial charge in [0, 0.05) is 18.1 Å². The SMILES string of the molecule is NC1(C(=O)O)CCN(C(=O)Cc2ccccc2Cl)C1. The summed E-state index contributed by atoms with van der Waals surface area (Å²) < 4.78 is 0. The second-order valence-electron chi connectivity index (χ2n) is 4.79. The standard InChI is InChI=1S/C13H15ClN2O3/c14-10-4-2-1-3-9(10)7-11(17)16-6-5-13(15,8-16)12(18)19/h1-4H,5-8,15H2,(H,18,19). The first-order valence-electron chi connectivity index (χ1n) is 5.96. The fourth-order valence-corrected chi connectivity index (χ4v) is 2.34. The lowest BCUT2D eigenvalue weighted by Gasteiger charge is -2.20. The maximum absolute atomic E-state index is 12.1. The molecule has 0 saturated carbocycles. The maximum Gasteiger partial charge on any atom is 0.325 e. The van der Waals surface area contributed by atoms with Crippen molar-refractivity contribution in [3.8, 4) is 0 Å². The van der Waals surface area contributed by atoms with E-state index < -0.39 is 11.5 Å². The number of rotatable bonds is 3. The van der Waals surface area contributed by atoms with Gasteiger partial charge in [-0.05, 0) is 18.1 Å². The highest BCUT2D eigenvalue weighted by Crippen LogP contribution is 2.21. The van der Waals surface area contributed by atoms with Gasteiger partial charge in [0.15, 0.2) is 0 Å². The lowest BCUT2D eigenvalue weighted by molar-refractivity contribution is -0.143. The van der Waals surface area contributed by atoms with Gasteiger partial charge in [0.1, 0.15) is 5.54 Å². The van der Waals surface area contributed by atoms with E-state index in [9.17, 15) is 9.59 Å². The number of carbonyl (C=O) groups excluding carboxylic acids is 1. The van der Waals surface area contributed by atoms with Crippen molar-refractivity contribution >= 4 is 23.5 Å². The zero-order valence-corrected chi connectivity index (χ0v) is 11.1. The Kier molecular flexibility index (Phi) is 3.78.